The summed E-state index contributed by atoms with van der Waals surface area (Å²) in [6, 6.07) is 5.10. The van der Waals surface area contributed by atoms with Crippen LogP contribution in [0.15, 0.2) is 18.2 Å². The van der Waals surface area contributed by atoms with E-state index >= 15 is 0 Å². The Morgan fingerprint density at radius 3 is 2.57 bits per heavy atom. The number of anilines is 1. The molecule has 0 spiro atoms. The molecule has 0 aliphatic rings. The van der Waals surface area contributed by atoms with Gasteiger partial charge in [0.05, 0.1) is 0 Å². The number of benzene rings is 1. The summed E-state index contributed by atoms with van der Waals surface area (Å²) < 4.78 is 13.2. The van der Waals surface area contributed by atoms with E-state index in [1.165, 1.54) is 6.07 Å². The second-order valence-electron chi connectivity index (χ2n) is 4.18. The van der Waals surface area contributed by atoms with Crippen molar-refractivity contribution in [1.29, 1.82) is 0 Å². The zero-order valence-electron chi connectivity index (χ0n) is 8.89. The Bertz CT molecular complexity index is 321. The minimum atomic E-state index is -0.207. The van der Waals surface area contributed by atoms with Gasteiger partial charge in [0.1, 0.15) is 5.82 Å². The van der Waals surface area contributed by atoms with Crippen LogP contribution < -0.4 is 11.1 Å². The second kappa shape index (κ2) is 3.96. The van der Waals surface area contributed by atoms with Gasteiger partial charge in [-0.1, -0.05) is 6.07 Å². The molecule has 1 aromatic carbocycles. The van der Waals surface area contributed by atoms with Crippen molar-refractivity contribution in [1.82, 2.24) is 0 Å². The van der Waals surface area contributed by atoms with Crippen LogP contribution in [0.25, 0.3) is 0 Å². The van der Waals surface area contributed by atoms with Crippen molar-refractivity contribution >= 4 is 5.69 Å². The average molecular weight is 196 g/mol. The van der Waals surface area contributed by atoms with Crippen LogP contribution in [0.5, 0.6) is 0 Å². The summed E-state index contributed by atoms with van der Waals surface area (Å²) in [6.07, 6.45) is 0. The molecule has 0 heterocycles. The third kappa shape index (κ3) is 2.70. The molecule has 0 amide bonds. The molecule has 2 nitrogen and oxygen atoms in total. The van der Waals surface area contributed by atoms with Gasteiger partial charge < -0.3 is 11.1 Å². The summed E-state index contributed by atoms with van der Waals surface area (Å²) in [5.74, 6) is -0.192. The first-order valence-corrected chi connectivity index (χ1v) is 4.69. The van der Waals surface area contributed by atoms with Crippen LogP contribution in [0.1, 0.15) is 19.4 Å². The normalized spacial score (nSPS) is 11.5. The lowest BCUT2D eigenvalue weighted by Crippen LogP contribution is -2.39. The summed E-state index contributed by atoms with van der Waals surface area (Å²) in [7, 11) is 0. The molecule has 0 aliphatic carbocycles. The lowest BCUT2D eigenvalue weighted by molar-refractivity contribution is 0.577. The average Bonchev–Trinajstić information content (AvgIpc) is 2.11. The maximum Gasteiger partial charge on any atom is 0.128 e. The number of hydrogen-bond acceptors (Lipinski definition) is 2. The van der Waals surface area contributed by atoms with Crippen molar-refractivity contribution < 1.29 is 4.39 Å². The Morgan fingerprint density at radius 1 is 1.43 bits per heavy atom. The van der Waals surface area contributed by atoms with Crippen LogP contribution in [-0.4, -0.2) is 12.1 Å². The van der Waals surface area contributed by atoms with Gasteiger partial charge in [0, 0.05) is 17.8 Å². The van der Waals surface area contributed by atoms with Gasteiger partial charge in [0.15, 0.2) is 0 Å². The fourth-order valence-corrected chi connectivity index (χ4v) is 1.11. The van der Waals surface area contributed by atoms with Gasteiger partial charge >= 0.3 is 0 Å². The molecule has 0 aliphatic heterocycles. The quantitative estimate of drug-likeness (QED) is 0.778. The molecule has 0 atom stereocenters. The van der Waals surface area contributed by atoms with Crippen LogP contribution in [0.2, 0.25) is 0 Å². The third-order valence-corrected chi connectivity index (χ3v) is 2.16. The molecule has 0 aromatic heterocycles. The zero-order chi connectivity index (χ0) is 10.8. The first kappa shape index (κ1) is 11.0. The Kier molecular flexibility index (Phi) is 3.11. The molecule has 1 aromatic rings. The number of nitrogens with two attached hydrogens (primary N) is 1. The Hall–Kier alpha value is -1.09. The largest absolute Gasteiger partial charge is 0.379 e. The standard InChI is InChI=1S/C11H17FN2/c1-8-4-5-9(6-10(8)12)14-11(2,3)7-13/h4-6,14H,7,13H2,1-3H3. The van der Waals surface area contributed by atoms with E-state index in [0.717, 1.165) is 5.69 Å². The lowest BCUT2D eigenvalue weighted by atomic mass is 10.1. The van der Waals surface area contributed by atoms with E-state index in [0.29, 0.717) is 12.1 Å². The minimum Gasteiger partial charge on any atom is -0.379 e. The van der Waals surface area contributed by atoms with Gasteiger partial charge in [0.25, 0.3) is 0 Å². The molecule has 0 saturated heterocycles. The van der Waals surface area contributed by atoms with E-state index in [1.54, 1.807) is 13.0 Å². The van der Waals surface area contributed by atoms with Crippen molar-refractivity contribution in [3.63, 3.8) is 0 Å². The summed E-state index contributed by atoms with van der Waals surface area (Å²) in [4.78, 5) is 0. The molecule has 0 bridgehead atoms. The number of hydrogen-bond donors (Lipinski definition) is 2. The first-order valence-electron chi connectivity index (χ1n) is 4.69. The number of aryl methyl sites for hydroxylation is 1. The van der Waals surface area contributed by atoms with Gasteiger partial charge in [-0.2, -0.15) is 0 Å². The molecular weight excluding hydrogens is 179 g/mol. The van der Waals surface area contributed by atoms with Gasteiger partial charge in [-0.05, 0) is 38.5 Å². The number of halogens is 1. The van der Waals surface area contributed by atoms with Gasteiger partial charge in [0.2, 0.25) is 0 Å². The maximum atomic E-state index is 13.2. The third-order valence-electron chi connectivity index (χ3n) is 2.16. The Labute approximate surface area is 84.3 Å². The Morgan fingerprint density at radius 2 is 2.07 bits per heavy atom. The summed E-state index contributed by atoms with van der Waals surface area (Å²) in [6.45, 7) is 6.20. The van der Waals surface area contributed by atoms with Gasteiger partial charge in [-0.25, -0.2) is 4.39 Å². The van der Waals surface area contributed by atoms with Crippen LogP contribution in [0, 0.1) is 12.7 Å². The molecule has 1 rings (SSSR count). The van der Waals surface area contributed by atoms with Crippen LogP contribution >= 0.6 is 0 Å². The molecule has 0 saturated carbocycles. The monoisotopic (exact) mass is 196 g/mol. The fourth-order valence-electron chi connectivity index (χ4n) is 1.11. The Balaban J connectivity index is 2.83. The van der Waals surface area contributed by atoms with Crippen molar-refractivity contribution in [2.45, 2.75) is 26.3 Å². The van der Waals surface area contributed by atoms with Gasteiger partial charge in [-0.15, -0.1) is 0 Å². The topological polar surface area (TPSA) is 38.0 Å². The maximum absolute atomic E-state index is 13.2. The predicted octanol–water partition coefficient (Wildman–Crippen LogP) is 2.28. The minimum absolute atomic E-state index is 0.192. The molecule has 14 heavy (non-hydrogen) atoms. The summed E-state index contributed by atoms with van der Waals surface area (Å²) in [5.41, 5.74) is 6.78. The van der Waals surface area contributed by atoms with Crippen molar-refractivity contribution in [3.8, 4) is 0 Å². The smallest absolute Gasteiger partial charge is 0.128 e. The second-order valence-corrected chi connectivity index (χ2v) is 4.18. The van der Waals surface area contributed by atoms with E-state index in [-0.39, 0.29) is 11.4 Å². The molecule has 78 valence electrons. The predicted molar refractivity (Wildman–Crippen MR) is 57.9 cm³/mol. The highest BCUT2D eigenvalue weighted by Crippen LogP contribution is 2.17. The molecule has 0 unspecified atom stereocenters. The van der Waals surface area contributed by atoms with Crippen LogP contribution in [0.4, 0.5) is 10.1 Å². The van der Waals surface area contributed by atoms with Crippen molar-refractivity contribution in [2.24, 2.45) is 5.73 Å². The zero-order valence-corrected chi connectivity index (χ0v) is 8.89. The highest BCUT2D eigenvalue weighted by molar-refractivity contribution is 5.47. The molecule has 0 radical (unpaired) electrons. The van der Waals surface area contributed by atoms with E-state index < -0.39 is 0 Å². The molecule has 0 fully saturated rings. The van der Waals surface area contributed by atoms with E-state index in [1.807, 2.05) is 19.9 Å². The highest BCUT2D eigenvalue weighted by Gasteiger charge is 2.14. The summed E-state index contributed by atoms with van der Waals surface area (Å²) in [5, 5.41) is 3.17. The molecule has 3 N–H and O–H groups in total. The number of rotatable bonds is 3. The first-order chi connectivity index (χ1) is 6.44. The van der Waals surface area contributed by atoms with E-state index in [2.05, 4.69) is 5.32 Å². The molecular formula is C11H17FN2. The van der Waals surface area contributed by atoms with E-state index in [4.69, 9.17) is 5.73 Å². The lowest BCUT2D eigenvalue weighted by Gasteiger charge is -2.25. The summed E-state index contributed by atoms with van der Waals surface area (Å²) >= 11 is 0. The molecule has 3 heteroatoms. The SMILES string of the molecule is Cc1ccc(NC(C)(C)CN)cc1F. The van der Waals surface area contributed by atoms with Crippen LogP contribution in [-0.2, 0) is 0 Å². The number of nitrogens with one attached hydrogen (secondary N) is 1. The van der Waals surface area contributed by atoms with E-state index in [9.17, 15) is 4.39 Å². The van der Waals surface area contributed by atoms with Crippen LogP contribution in [0.3, 0.4) is 0 Å². The van der Waals surface area contributed by atoms with Crippen molar-refractivity contribution in [2.75, 3.05) is 11.9 Å². The van der Waals surface area contributed by atoms with Crippen molar-refractivity contribution in [3.05, 3.63) is 29.6 Å². The van der Waals surface area contributed by atoms with Gasteiger partial charge in [-0.3, -0.25) is 0 Å². The highest BCUT2D eigenvalue weighted by atomic mass is 19.1. The fraction of sp³-hybridized carbons (Fsp3) is 0.455.